The van der Waals surface area contributed by atoms with Crippen LogP contribution < -0.4 is 16.2 Å². The number of halogens is 1. The van der Waals surface area contributed by atoms with Gasteiger partial charge in [-0.1, -0.05) is 32.0 Å². The highest BCUT2D eigenvalue weighted by Crippen LogP contribution is 2.23. The Bertz CT molecular complexity index is 1260. The first-order chi connectivity index (χ1) is 15.3. The Balaban J connectivity index is 1.75. The molecule has 1 aliphatic carbocycles. The Hall–Kier alpha value is -3.69. The second-order valence-electron chi connectivity index (χ2n) is 8.32. The maximum Gasteiger partial charge on any atom is 0.270 e. The third-order valence-corrected chi connectivity index (χ3v) is 5.21. The zero-order valence-electron chi connectivity index (χ0n) is 17.8. The van der Waals surface area contributed by atoms with Crippen LogP contribution in [0.5, 0.6) is 5.88 Å². The molecule has 2 heterocycles. The van der Waals surface area contributed by atoms with Crippen LogP contribution in [0.15, 0.2) is 35.3 Å². The van der Waals surface area contributed by atoms with E-state index < -0.39 is 34.6 Å². The molecule has 0 unspecified atom stereocenters. The van der Waals surface area contributed by atoms with Crippen LogP contribution in [0.3, 0.4) is 0 Å². The van der Waals surface area contributed by atoms with E-state index in [1.54, 1.807) is 18.2 Å². The summed E-state index contributed by atoms with van der Waals surface area (Å²) in [5.74, 6) is -2.33. The quantitative estimate of drug-likeness (QED) is 0.517. The number of hydrogen-bond donors (Lipinski definition) is 3. The molecule has 0 bridgehead atoms. The van der Waals surface area contributed by atoms with E-state index >= 15 is 0 Å². The number of nitrogens with one attached hydrogen (secondary N) is 2. The largest absolute Gasteiger partial charge is 0.492 e. The second kappa shape index (κ2) is 8.45. The van der Waals surface area contributed by atoms with Crippen molar-refractivity contribution in [3.63, 3.8) is 0 Å². The van der Waals surface area contributed by atoms with E-state index in [1.165, 1.54) is 16.8 Å². The SMILES string of the molecule is CC(C)Cn1c(=O)c(C(=O)NC2CC2)c(O)n2ncc(C(=O)NCc3ccccc3F)c12. The van der Waals surface area contributed by atoms with Gasteiger partial charge in [-0.05, 0) is 24.8 Å². The molecule has 1 aromatic carbocycles. The molecule has 3 N–H and O–H groups in total. The number of rotatable bonds is 7. The number of aromatic nitrogens is 3. The molecule has 168 valence electrons. The fraction of sp³-hybridized carbons (Fsp3) is 0.364. The van der Waals surface area contributed by atoms with E-state index in [-0.39, 0.29) is 36.3 Å². The third-order valence-electron chi connectivity index (χ3n) is 5.21. The average Bonchev–Trinajstić information content (AvgIpc) is 3.44. The molecule has 2 aromatic heterocycles. The van der Waals surface area contributed by atoms with Gasteiger partial charge in [-0.25, -0.2) is 4.39 Å². The van der Waals surface area contributed by atoms with E-state index in [2.05, 4.69) is 15.7 Å². The van der Waals surface area contributed by atoms with Gasteiger partial charge in [0, 0.05) is 24.7 Å². The van der Waals surface area contributed by atoms with Crippen molar-refractivity contribution < 1.29 is 19.1 Å². The Kier molecular flexibility index (Phi) is 5.68. The first kappa shape index (κ1) is 21.5. The average molecular weight is 441 g/mol. The van der Waals surface area contributed by atoms with Crippen LogP contribution in [-0.4, -0.2) is 37.1 Å². The number of fused-ring (bicyclic) bond motifs is 1. The fourth-order valence-corrected chi connectivity index (χ4v) is 3.48. The molecule has 3 aromatic rings. The van der Waals surface area contributed by atoms with Crippen LogP contribution >= 0.6 is 0 Å². The summed E-state index contributed by atoms with van der Waals surface area (Å²) in [4.78, 5) is 38.7. The molecule has 0 saturated heterocycles. The highest BCUT2D eigenvalue weighted by Gasteiger charge is 2.30. The number of carbonyl (C=O) groups excluding carboxylic acids is 2. The van der Waals surface area contributed by atoms with Crippen molar-refractivity contribution in [2.75, 3.05) is 0 Å². The molecule has 0 atom stereocenters. The molecular weight excluding hydrogens is 417 g/mol. The maximum absolute atomic E-state index is 13.9. The molecule has 1 saturated carbocycles. The van der Waals surface area contributed by atoms with Crippen LogP contribution in [0.2, 0.25) is 0 Å². The van der Waals surface area contributed by atoms with E-state index in [0.717, 1.165) is 17.4 Å². The predicted octanol–water partition coefficient (Wildman–Crippen LogP) is 1.82. The van der Waals surface area contributed by atoms with Gasteiger partial charge in [0.1, 0.15) is 11.4 Å². The summed E-state index contributed by atoms with van der Waals surface area (Å²) in [7, 11) is 0. The standard InChI is InChI=1S/C22H24FN5O4/c1-12(2)11-27-20-15(18(29)24-9-13-5-3-4-6-16(13)23)10-25-28(20)22(32)17(21(27)31)19(30)26-14-7-8-14/h3-6,10,12,14,32H,7-9,11H2,1-2H3,(H,24,29)(H,26,30). The molecule has 9 nitrogen and oxygen atoms in total. The van der Waals surface area contributed by atoms with Crippen LogP contribution in [0.25, 0.3) is 5.65 Å². The minimum absolute atomic E-state index is 0.00427. The van der Waals surface area contributed by atoms with Crippen molar-refractivity contribution in [2.45, 2.75) is 45.8 Å². The van der Waals surface area contributed by atoms with E-state index in [1.807, 2.05) is 13.8 Å². The summed E-state index contributed by atoms with van der Waals surface area (Å²) < 4.78 is 16.2. The van der Waals surface area contributed by atoms with Crippen molar-refractivity contribution in [3.05, 3.63) is 63.3 Å². The van der Waals surface area contributed by atoms with Crippen molar-refractivity contribution in [3.8, 4) is 5.88 Å². The zero-order chi connectivity index (χ0) is 23.0. The summed E-state index contributed by atoms with van der Waals surface area (Å²) in [6.45, 7) is 3.90. The van der Waals surface area contributed by atoms with Crippen molar-refractivity contribution in [2.24, 2.45) is 5.92 Å². The normalized spacial score (nSPS) is 13.5. The highest BCUT2D eigenvalue weighted by atomic mass is 19.1. The van der Waals surface area contributed by atoms with Gasteiger partial charge in [-0.2, -0.15) is 9.61 Å². The fourth-order valence-electron chi connectivity index (χ4n) is 3.48. The summed E-state index contributed by atoms with van der Waals surface area (Å²) in [6.07, 6.45) is 2.86. The first-order valence-corrected chi connectivity index (χ1v) is 10.4. The van der Waals surface area contributed by atoms with Gasteiger partial charge in [0.15, 0.2) is 11.2 Å². The molecule has 4 rings (SSSR count). The van der Waals surface area contributed by atoms with Crippen molar-refractivity contribution >= 4 is 17.5 Å². The van der Waals surface area contributed by atoms with Gasteiger partial charge in [-0.3, -0.25) is 19.0 Å². The number of hydrogen-bond acceptors (Lipinski definition) is 5. The predicted molar refractivity (Wildman–Crippen MR) is 114 cm³/mol. The topological polar surface area (TPSA) is 118 Å². The minimum atomic E-state index is -0.703. The monoisotopic (exact) mass is 441 g/mol. The number of amides is 2. The molecule has 1 aliphatic rings. The van der Waals surface area contributed by atoms with Crippen molar-refractivity contribution in [1.82, 2.24) is 24.8 Å². The lowest BCUT2D eigenvalue weighted by Gasteiger charge is -2.15. The summed E-state index contributed by atoms with van der Waals surface area (Å²) in [5.41, 5.74) is -0.713. The van der Waals surface area contributed by atoms with Gasteiger partial charge in [0.05, 0.1) is 6.20 Å². The molecule has 0 spiro atoms. The number of nitrogens with zero attached hydrogens (tertiary/aromatic N) is 3. The lowest BCUT2D eigenvalue weighted by Crippen LogP contribution is -2.36. The molecule has 2 amide bonds. The second-order valence-corrected chi connectivity index (χ2v) is 8.32. The Labute approximate surface area is 182 Å². The van der Waals surface area contributed by atoms with E-state index in [0.29, 0.717) is 5.56 Å². The molecule has 32 heavy (non-hydrogen) atoms. The highest BCUT2D eigenvalue weighted by molar-refractivity contribution is 6.01. The minimum Gasteiger partial charge on any atom is -0.492 e. The molecule has 10 heteroatoms. The van der Waals surface area contributed by atoms with Crippen LogP contribution in [-0.2, 0) is 13.1 Å². The summed E-state index contributed by atoms with van der Waals surface area (Å²) in [6, 6.07) is 6.05. The van der Waals surface area contributed by atoms with Gasteiger partial charge in [-0.15, -0.1) is 0 Å². The number of carbonyl (C=O) groups is 2. The molecular formula is C22H24FN5O4. The van der Waals surface area contributed by atoms with E-state index in [4.69, 9.17) is 0 Å². The first-order valence-electron chi connectivity index (χ1n) is 10.4. The van der Waals surface area contributed by atoms with Crippen molar-refractivity contribution in [1.29, 1.82) is 0 Å². The van der Waals surface area contributed by atoms with Gasteiger partial charge in [0.2, 0.25) is 5.88 Å². The van der Waals surface area contributed by atoms with Gasteiger partial charge >= 0.3 is 0 Å². The molecule has 1 fully saturated rings. The lowest BCUT2D eigenvalue weighted by molar-refractivity contribution is 0.0940. The van der Waals surface area contributed by atoms with E-state index in [9.17, 15) is 23.9 Å². The Morgan fingerprint density at radius 2 is 1.97 bits per heavy atom. The van der Waals surface area contributed by atoms with Crippen LogP contribution in [0.4, 0.5) is 4.39 Å². The number of benzene rings is 1. The zero-order valence-corrected chi connectivity index (χ0v) is 17.8. The van der Waals surface area contributed by atoms with Gasteiger partial charge in [0.25, 0.3) is 17.4 Å². The Morgan fingerprint density at radius 1 is 1.25 bits per heavy atom. The van der Waals surface area contributed by atoms with Gasteiger partial charge < -0.3 is 15.7 Å². The Morgan fingerprint density at radius 3 is 2.62 bits per heavy atom. The van der Waals surface area contributed by atoms with Crippen LogP contribution in [0.1, 0.15) is 53.0 Å². The summed E-state index contributed by atoms with van der Waals surface area (Å²) in [5, 5.41) is 20.0. The molecule has 0 aliphatic heterocycles. The summed E-state index contributed by atoms with van der Waals surface area (Å²) >= 11 is 0. The molecule has 0 radical (unpaired) electrons. The smallest absolute Gasteiger partial charge is 0.270 e. The van der Waals surface area contributed by atoms with Crippen LogP contribution in [0, 0.1) is 11.7 Å². The lowest BCUT2D eigenvalue weighted by atomic mass is 10.2. The third kappa shape index (κ3) is 4.08. The maximum atomic E-state index is 13.9. The number of aromatic hydroxyl groups is 1.